The third-order valence-electron chi connectivity index (χ3n) is 3.15. The number of aryl methyl sites for hydroxylation is 1. The first-order valence-electron chi connectivity index (χ1n) is 7.73. The van der Waals surface area contributed by atoms with Crippen LogP contribution in [-0.4, -0.2) is 43.0 Å². The third-order valence-corrected chi connectivity index (χ3v) is 3.15. The van der Waals surface area contributed by atoms with Crippen molar-refractivity contribution in [2.45, 2.75) is 13.3 Å². The van der Waals surface area contributed by atoms with Gasteiger partial charge in [0.05, 0.1) is 0 Å². The van der Waals surface area contributed by atoms with Gasteiger partial charge in [-0.25, -0.2) is 0 Å². The molecule has 0 saturated heterocycles. The number of carbonyl (C=O) groups is 1. The van der Waals surface area contributed by atoms with Crippen LogP contribution in [0.15, 0.2) is 36.4 Å². The van der Waals surface area contributed by atoms with Gasteiger partial charge in [0.2, 0.25) is 0 Å². The molecule has 0 saturated carbocycles. The molecule has 128 valence electrons. The molecule has 0 bridgehead atoms. The Balaban J connectivity index is 1.74. The number of ether oxygens (including phenoxy) is 2. The minimum Gasteiger partial charge on any atom is -0.484 e. The Labute approximate surface area is 141 Å². The molecule has 0 radical (unpaired) electrons. The smallest absolute Gasteiger partial charge is 0.263 e. The summed E-state index contributed by atoms with van der Waals surface area (Å²) in [7, 11) is 1.67. The summed E-state index contributed by atoms with van der Waals surface area (Å²) < 4.78 is 10.4. The molecule has 0 unspecified atom stereocenters. The summed E-state index contributed by atoms with van der Waals surface area (Å²) in [6.45, 7) is 3.35. The second kappa shape index (κ2) is 9.46. The van der Waals surface area contributed by atoms with Crippen molar-refractivity contribution in [3.05, 3.63) is 42.0 Å². The maximum atomic E-state index is 11.8. The molecule has 1 heterocycles. The van der Waals surface area contributed by atoms with E-state index in [0.717, 1.165) is 18.5 Å². The Hall–Kier alpha value is -2.67. The maximum absolute atomic E-state index is 11.8. The van der Waals surface area contributed by atoms with Crippen LogP contribution in [0, 0.1) is 6.92 Å². The van der Waals surface area contributed by atoms with Gasteiger partial charge < -0.3 is 20.1 Å². The van der Waals surface area contributed by atoms with Crippen LogP contribution in [-0.2, 0) is 9.53 Å². The van der Waals surface area contributed by atoms with Crippen molar-refractivity contribution >= 4 is 17.5 Å². The number of rotatable bonds is 9. The van der Waals surface area contributed by atoms with Gasteiger partial charge in [-0.15, -0.1) is 10.2 Å². The summed E-state index contributed by atoms with van der Waals surface area (Å²) in [6, 6.07) is 11.0. The van der Waals surface area contributed by atoms with Crippen LogP contribution in [0.2, 0.25) is 0 Å². The first kappa shape index (κ1) is 17.7. The maximum Gasteiger partial charge on any atom is 0.263 e. The van der Waals surface area contributed by atoms with Crippen LogP contribution < -0.4 is 15.4 Å². The fourth-order valence-electron chi connectivity index (χ4n) is 1.89. The van der Waals surface area contributed by atoms with E-state index >= 15 is 0 Å². The van der Waals surface area contributed by atoms with Gasteiger partial charge in [-0.05, 0) is 37.6 Å². The first-order chi connectivity index (χ1) is 11.7. The molecule has 2 N–H and O–H groups in total. The van der Waals surface area contributed by atoms with Crippen LogP contribution in [0.4, 0.5) is 11.6 Å². The molecule has 0 aliphatic rings. The van der Waals surface area contributed by atoms with E-state index in [1.807, 2.05) is 31.2 Å². The van der Waals surface area contributed by atoms with Crippen molar-refractivity contribution in [2.24, 2.45) is 0 Å². The normalized spacial score (nSPS) is 10.2. The molecule has 0 aliphatic carbocycles. The van der Waals surface area contributed by atoms with Crippen LogP contribution in [0.5, 0.6) is 5.75 Å². The van der Waals surface area contributed by atoms with Crippen LogP contribution in [0.25, 0.3) is 0 Å². The highest BCUT2D eigenvalue weighted by Crippen LogP contribution is 2.11. The van der Waals surface area contributed by atoms with Crippen LogP contribution in [0.1, 0.15) is 12.0 Å². The second-order valence-corrected chi connectivity index (χ2v) is 5.23. The number of amides is 1. The number of nitrogens with one attached hydrogen (secondary N) is 2. The summed E-state index contributed by atoms with van der Waals surface area (Å²) in [5.74, 6) is 1.40. The number of benzene rings is 1. The van der Waals surface area contributed by atoms with E-state index in [1.54, 1.807) is 19.2 Å². The SMILES string of the molecule is COCCCNc1ccc(NC(=O)COc2ccc(C)cc2)nn1. The molecule has 0 spiro atoms. The van der Waals surface area contributed by atoms with E-state index < -0.39 is 0 Å². The standard InChI is InChI=1S/C17H22N4O3/c1-13-4-6-14(7-5-13)24-12-17(22)19-16-9-8-15(20-21-16)18-10-3-11-23-2/h4-9H,3,10-12H2,1-2H3,(H,18,20)(H,19,21,22). The summed E-state index contributed by atoms with van der Waals surface area (Å²) in [4.78, 5) is 11.8. The predicted molar refractivity (Wildman–Crippen MR) is 92.3 cm³/mol. The van der Waals surface area contributed by atoms with E-state index in [-0.39, 0.29) is 12.5 Å². The monoisotopic (exact) mass is 330 g/mol. The number of methoxy groups -OCH3 is 1. The van der Waals surface area contributed by atoms with Crippen molar-refractivity contribution < 1.29 is 14.3 Å². The van der Waals surface area contributed by atoms with Gasteiger partial charge in [0, 0.05) is 20.3 Å². The van der Waals surface area contributed by atoms with Gasteiger partial charge in [-0.2, -0.15) is 0 Å². The summed E-state index contributed by atoms with van der Waals surface area (Å²) in [6.07, 6.45) is 0.882. The van der Waals surface area contributed by atoms with Crippen LogP contribution >= 0.6 is 0 Å². The summed E-state index contributed by atoms with van der Waals surface area (Å²) in [5, 5.41) is 13.7. The minimum atomic E-state index is -0.286. The van der Waals surface area contributed by atoms with Gasteiger partial charge in [-0.3, -0.25) is 4.79 Å². The third kappa shape index (κ3) is 6.21. The fourth-order valence-corrected chi connectivity index (χ4v) is 1.89. The van der Waals surface area contributed by atoms with Gasteiger partial charge in [0.15, 0.2) is 12.4 Å². The summed E-state index contributed by atoms with van der Waals surface area (Å²) >= 11 is 0. The van der Waals surface area contributed by atoms with E-state index in [1.165, 1.54) is 0 Å². The zero-order valence-corrected chi connectivity index (χ0v) is 13.9. The topological polar surface area (TPSA) is 85.4 Å². The molecule has 7 heteroatoms. The van der Waals surface area contributed by atoms with Crippen molar-refractivity contribution in [3.63, 3.8) is 0 Å². The van der Waals surface area contributed by atoms with Gasteiger partial charge >= 0.3 is 0 Å². The highest BCUT2D eigenvalue weighted by Gasteiger charge is 2.05. The van der Waals surface area contributed by atoms with E-state index in [0.29, 0.717) is 24.0 Å². The van der Waals surface area contributed by atoms with Crippen molar-refractivity contribution in [3.8, 4) is 5.75 Å². The van der Waals surface area contributed by atoms with E-state index in [2.05, 4.69) is 20.8 Å². The Morgan fingerprint density at radius 3 is 2.46 bits per heavy atom. The molecule has 0 aliphatic heterocycles. The number of hydrogen-bond donors (Lipinski definition) is 2. The minimum absolute atomic E-state index is 0.0816. The second-order valence-electron chi connectivity index (χ2n) is 5.23. The largest absolute Gasteiger partial charge is 0.484 e. The number of aromatic nitrogens is 2. The Kier molecular flexibility index (Phi) is 6.97. The number of nitrogens with zero attached hydrogens (tertiary/aromatic N) is 2. The average Bonchev–Trinajstić information content (AvgIpc) is 2.60. The Bertz CT molecular complexity index is 629. The summed E-state index contributed by atoms with van der Waals surface area (Å²) in [5.41, 5.74) is 1.14. The Morgan fingerprint density at radius 2 is 1.79 bits per heavy atom. The van der Waals surface area contributed by atoms with E-state index in [4.69, 9.17) is 9.47 Å². The number of hydrogen-bond acceptors (Lipinski definition) is 6. The highest BCUT2D eigenvalue weighted by molar-refractivity contribution is 5.90. The lowest BCUT2D eigenvalue weighted by molar-refractivity contribution is -0.118. The first-order valence-corrected chi connectivity index (χ1v) is 7.73. The average molecular weight is 330 g/mol. The lowest BCUT2D eigenvalue weighted by atomic mass is 10.2. The van der Waals surface area contributed by atoms with Crippen molar-refractivity contribution in [2.75, 3.05) is 37.5 Å². The molecule has 2 rings (SSSR count). The molecule has 1 amide bonds. The molecule has 0 atom stereocenters. The van der Waals surface area contributed by atoms with E-state index in [9.17, 15) is 4.79 Å². The van der Waals surface area contributed by atoms with Crippen molar-refractivity contribution in [1.29, 1.82) is 0 Å². The van der Waals surface area contributed by atoms with Gasteiger partial charge in [-0.1, -0.05) is 17.7 Å². The molecule has 1 aromatic carbocycles. The molecule has 7 nitrogen and oxygen atoms in total. The molecular formula is C17H22N4O3. The zero-order chi connectivity index (χ0) is 17.2. The zero-order valence-electron chi connectivity index (χ0n) is 13.9. The molecular weight excluding hydrogens is 308 g/mol. The number of anilines is 2. The molecule has 0 fully saturated rings. The molecule has 1 aromatic heterocycles. The Morgan fingerprint density at radius 1 is 1.08 bits per heavy atom. The fraction of sp³-hybridized carbons (Fsp3) is 0.353. The quantitative estimate of drug-likeness (QED) is 0.686. The predicted octanol–water partition coefficient (Wildman–Crippen LogP) is 2.25. The molecule has 2 aromatic rings. The van der Waals surface area contributed by atoms with Crippen LogP contribution in [0.3, 0.4) is 0 Å². The lowest BCUT2D eigenvalue weighted by Gasteiger charge is -2.08. The molecule has 24 heavy (non-hydrogen) atoms. The van der Waals surface area contributed by atoms with Crippen molar-refractivity contribution in [1.82, 2.24) is 10.2 Å². The van der Waals surface area contributed by atoms with Gasteiger partial charge in [0.1, 0.15) is 11.6 Å². The lowest BCUT2D eigenvalue weighted by Crippen LogP contribution is -2.21. The highest BCUT2D eigenvalue weighted by atomic mass is 16.5. The van der Waals surface area contributed by atoms with Gasteiger partial charge in [0.25, 0.3) is 5.91 Å². The number of carbonyl (C=O) groups excluding carboxylic acids is 1.